The lowest BCUT2D eigenvalue weighted by molar-refractivity contribution is -0.119. The van der Waals surface area contributed by atoms with Crippen LogP contribution in [-0.4, -0.2) is 11.7 Å². The fourth-order valence-corrected chi connectivity index (χ4v) is 5.49. The van der Waals surface area contributed by atoms with Crippen LogP contribution in [0.5, 0.6) is 0 Å². The van der Waals surface area contributed by atoms with Gasteiger partial charge in [0.25, 0.3) is 0 Å². The van der Waals surface area contributed by atoms with Crippen molar-refractivity contribution in [3.05, 3.63) is 107 Å². The lowest BCUT2D eigenvalue weighted by Gasteiger charge is -2.35. The molecule has 1 aliphatic heterocycles. The Bertz CT molecular complexity index is 1370. The zero-order valence-electron chi connectivity index (χ0n) is 21.8. The molecular weight excluding hydrogens is 463 g/mol. The number of rotatable bonds is 3. The van der Waals surface area contributed by atoms with E-state index in [4.69, 9.17) is 0 Å². The first kappa shape index (κ1) is 24.9. The van der Waals surface area contributed by atoms with Crippen LogP contribution in [0.3, 0.4) is 0 Å². The minimum absolute atomic E-state index is 0.00896. The van der Waals surface area contributed by atoms with Crippen molar-refractivity contribution < 1.29 is 14.0 Å². The van der Waals surface area contributed by atoms with Crippen LogP contribution in [0, 0.1) is 5.82 Å². The molecule has 0 saturated heterocycles. The highest BCUT2D eigenvalue weighted by Crippen LogP contribution is 2.47. The molecule has 1 aliphatic carbocycles. The molecule has 3 aromatic rings. The second-order valence-corrected chi connectivity index (χ2v) is 11.0. The summed E-state index contributed by atoms with van der Waals surface area (Å²) in [5.74, 6) is -0.408. The molecule has 2 aliphatic rings. The SMILES string of the molecule is CCC(=O)N1c2ccccc2NC2=C(C(=O)C[C@H](c3ccc(C(C)(C)C)cc3)C2)[C@@H]1c1ccc(F)cc1. The van der Waals surface area contributed by atoms with Gasteiger partial charge in [-0.05, 0) is 58.7 Å². The van der Waals surface area contributed by atoms with Gasteiger partial charge in [-0.1, -0.05) is 76.2 Å². The van der Waals surface area contributed by atoms with Gasteiger partial charge in [-0.25, -0.2) is 4.39 Å². The van der Waals surface area contributed by atoms with Gasteiger partial charge in [0.1, 0.15) is 5.82 Å². The molecule has 190 valence electrons. The van der Waals surface area contributed by atoms with E-state index in [1.807, 2.05) is 31.2 Å². The monoisotopic (exact) mass is 496 g/mol. The molecule has 0 radical (unpaired) electrons. The van der Waals surface area contributed by atoms with E-state index in [9.17, 15) is 14.0 Å². The van der Waals surface area contributed by atoms with Crippen molar-refractivity contribution in [2.45, 2.75) is 64.3 Å². The van der Waals surface area contributed by atoms with Crippen LogP contribution in [0.15, 0.2) is 84.1 Å². The highest BCUT2D eigenvalue weighted by molar-refractivity contribution is 6.06. The molecule has 1 heterocycles. The van der Waals surface area contributed by atoms with Crippen molar-refractivity contribution in [2.75, 3.05) is 10.2 Å². The molecule has 3 aromatic carbocycles. The van der Waals surface area contributed by atoms with Gasteiger partial charge in [-0.2, -0.15) is 0 Å². The standard InChI is InChI=1S/C32H33FN2O2/c1-5-29(37)35-27-9-7-6-8-25(27)34-26-18-22(20-10-14-23(15-11-20)32(2,3)4)19-28(36)30(26)31(35)21-12-16-24(33)17-13-21/h6-17,22,31,34H,5,18-19H2,1-4H3/t22-,31+/m1/s1. The molecule has 0 spiro atoms. The van der Waals surface area contributed by atoms with Crippen molar-refractivity contribution >= 4 is 23.1 Å². The Morgan fingerprint density at radius 3 is 2.24 bits per heavy atom. The normalized spacial score (nSPS) is 19.6. The molecule has 1 N–H and O–H groups in total. The van der Waals surface area contributed by atoms with Gasteiger partial charge in [-0.15, -0.1) is 0 Å². The number of ketones is 1. The fraction of sp³-hybridized carbons (Fsp3) is 0.312. The quantitative estimate of drug-likeness (QED) is 0.410. The Hall–Kier alpha value is -3.73. The van der Waals surface area contributed by atoms with Crippen LogP contribution in [0.1, 0.15) is 75.6 Å². The predicted octanol–water partition coefficient (Wildman–Crippen LogP) is 7.43. The summed E-state index contributed by atoms with van der Waals surface area (Å²) in [5, 5.41) is 3.54. The van der Waals surface area contributed by atoms with Crippen LogP contribution in [-0.2, 0) is 15.0 Å². The second-order valence-electron chi connectivity index (χ2n) is 11.0. The summed E-state index contributed by atoms with van der Waals surface area (Å²) in [6.45, 7) is 8.39. The largest absolute Gasteiger partial charge is 0.357 e. The summed E-state index contributed by atoms with van der Waals surface area (Å²) in [6, 6.07) is 21.8. The van der Waals surface area contributed by atoms with E-state index in [1.54, 1.807) is 17.0 Å². The van der Waals surface area contributed by atoms with Crippen molar-refractivity contribution in [3.8, 4) is 0 Å². The van der Waals surface area contributed by atoms with Crippen molar-refractivity contribution in [3.63, 3.8) is 0 Å². The molecule has 2 atom stereocenters. The summed E-state index contributed by atoms with van der Waals surface area (Å²) in [6.07, 6.45) is 1.29. The highest BCUT2D eigenvalue weighted by Gasteiger charge is 2.41. The maximum Gasteiger partial charge on any atom is 0.227 e. The van der Waals surface area contributed by atoms with Crippen LogP contribution < -0.4 is 10.2 Å². The second kappa shape index (κ2) is 9.62. The number of benzene rings is 3. The number of nitrogens with zero attached hydrogens (tertiary/aromatic N) is 1. The molecule has 5 heteroatoms. The van der Waals surface area contributed by atoms with Gasteiger partial charge < -0.3 is 5.32 Å². The number of carbonyl (C=O) groups is 2. The van der Waals surface area contributed by atoms with Gasteiger partial charge in [0, 0.05) is 24.1 Å². The third kappa shape index (κ3) is 4.71. The third-order valence-electron chi connectivity index (χ3n) is 7.49. The van der Waals surface area contributed by atoms with E-state index in [0.29, 0.717) is 18.4 Å². The number of allylic oxidation sites excluding steroid dienone is 1. The summed E-state index contributed by atoms with van der Waals surface area (Å²) in [4.78, 5) is 29.1. The number of Topliss-reactive ketones (excluding diaryl/α,β-unsaturated/α-hetero) is 1. The molecule has 5 rings (SSSR count). The number of hydrogen-bond acceptors (Lipinski definition) is 3. The summed E-state index contributed by atoms with van der Waals surface area (Å²) in [5.41, 5.74) is 6.09. The average molecular weight is 497 g/mol. The van der Waals surface area contributed by atoms with Gasteiger partial charge in [0.15, 0.2) is 5.78 Å². The van der Waals surface area contributed by atoms with Crippen LogP contribution in [0.25, 0.3) is 0 Å². The number of para-hydroxylation sites is 2. The van der Waals surface area contributed by atoms with Gasteiger partial charge in [0.2, 0.25) is 5.91 Å². The van der Waals surface area contributed by atoms with E-state index >= 15 is 0 Å². The fourth-order valence-electron chi connectivity index (χ4n) is 5.49. The number of carbonyl (C=O) groups excluding carboxylic acids is 2. The first-order chi connectivity index (χ1) is 17.7. The van der Waals surface area contributed by atoms with Gasteiger partial charge in [0.05, 0.1) is 17.4 Å². The maximum absolute atomic E-state index is 13.9. The lowest BCUT2D eigenvalue weighted by atomic mass is 9.77. The van der Waals surface area contributed by atoms with Crippen molar-refractivity contribution in [1.29, 1.82) is 0 Å². The zero-order chi connectivity index (χ0) is 26.3. The van der Waals surface area contributed by atoms with E-state index in [2.05, 4.69) is 50.4 Å². The van der Waals surface area contributed by atoms with E-state index in [0.717, 1.165) is 28.2 Å². The summed E-state index contributed by atoms with van der Waals surface area (Å²) in [7, 11) is 0. The first-order valence-corrected chi connectivity index (χ1v) is 13.0. The van der Waals surface area contributed by atoms with Crippen LogP contribution in [0.4, 0.5) is 15.8 Å². The van der Waals surface area contributed by atoms with Gasteiger partial charge >= 0.3 is 0 Å². The Labute approximate surface area is 218 Å². The summed E-state index contributed by atoms with van der Waals surface area (Å²) >= 11 is 0. The van der Waals surface area contributed by atoms with Crippen molar-refractivity contribution in [2.24, 2.45) is 0 Å². The lowest BCUT2D eigenvalue weighted by Crippen LogP contribution is -2.38. The molecule has 4 nitrogen and oxygen atoms in total. The number of halogens is 1. The number of fused-ring (bicyclic) bond motifs is 1. The number of hydrogen-bond donors (Lipinski definition) is 1. The van der Waals surface area contributed by atoms with Gasteiger partial charge in [-0.3, -0.25) is 14.5 Å². The minimum Gasteiger partial charge on any atom is -0.357 e. The average Bonchev–Trinajstić information content (AvgIpc) is 3.03. The molecule has 0 unspecified atom stereocenters. The molecule has 0 aromatic heterocycles. The topological polar surface area (TPSA) is 49.4 Å². The molecule has 0 fully saturated rings. The minimum atomic E-state index is -0.629. The third-order valence-corrected chi connectivity index (χ3v) is 7.49. The van der Waals surface area contributed by atoms with E-state index < -0.39 is 6.04 Å². The van der Waals surface area contributed by atoms with Crippen LogP contribution >= 0.6 is 0 Å². The Kier molecular flexibility index (Phi) is 6.49. The smallest absolute Gasteiger partial charge is 0.227 e. The number of amides is 1. The maximum atomic E-state index is 13.9. The molecule has 0 saturated carbocycles. The summed E-state index contributed by atoms with van der Waals surface area (Å²) < 4.78 is 13.9. The Balaban J connectivity index is 1.64. The van der Waals surface area contributed by atoms with Crippen molar-refractivity contribution in [1.82, 2.24) is 0 Å². The molecule has 0 bridgehead atoms. The highest BCUT2D eigenvalue weighted by atomic mass is 19.1. The number of nitrogens with one attached hydrogen (secondary N) is 1. The van der Waals surface area contributed by atoms with E-state index in [1.165, 1.54) is 17.7 Å². The van der Waals surface area contributed by atoms with E-state index in [-0.39, 0.29) is 35.3 Å². The Morgan fingerprint density at radius 2 is 1.59 bits per heavy atom. The van der Waals surface area contributed by atoms with Crippen LogP contribution in [0.2, 0.25) is 0 Å². The predicted molar refractivity (Wildman–Crippen MR) is 146 cm³/mol. The zero-order valence-corrected chi connectivity index (χ0v) is 21.8. The first-order valence-electron chi connectivity index (χ1n) is 13.0. The molecular formula is C32H33FN2O2. The molecule has 37 heavy (non-hydrogen) atoms. The molecule has 1 amide bonds. The number of anilines is 2. The Morgan fingerprint density at radius 1 is 0.946 bits per heavy atom.